The average molecular weight is 279 g/mol. The number of para-hydroxylation sites is 2. The highest BCUT2D eigenvalue weighted by Gasteiger charge is 2.16. The van der Waals surface area contributed by atoms with Gasteiger partial charge in [-0.3, -0.25) is 4.79 Å². The second-order valence-corrected chi connectivity index (χ2v) is 4.24. The molecule has 0 heterocycles. The third-order valence-corrected chi connectivity index (χ3v) is 2.86. The van der Waals surface area contributed by atoms with Gasteiger partial charge in [0.1, 0.15) is 0 Å². The molecule has 98 valence electrons. The Bertz CT molecular complexity index is 624. The minimum Gasteiger partial charge on any atom is -0.504 e. The molecule has 0 unspecified atom stereocenters. The minimum absolute atomic E-state index is 0.0701. The van der Waals surface area contributed by atoms with E-state index in [1.807, 2.05) is 0 Å². The second-order valence-electron chi connectivity index (χ2n) is 3.83. The molecule has 5 N–H and O–H groups in total. The Morgan fingerprint density at radius 1 is 1.16 bits per heavy atom. The molecule has 0 aliphatic rings. The van der Waals surface area contributed by atoms with Crippen LogP contribution in [0.5, 0.6) is 11.5 Å². The summed E-state index contributed by atoms with van der Waals surface area (Å²) in [6.45, 7) is 0. The smallest absolute Gasteiger partial charge is 0.259 e. The summed E-state index contributed by atoms with van der Waals surface area (Å²) >= 11 is 5.93. The van der Waals surface area contributed by atoms with Gasteiger partial charge < -0.3 is 21.3 Å². The van der Waals surface area contributed by atoms with Crippen LogP contribution in [0.3, 0.4) is 0 Å². The largest absolute Gasteiger partial charge is 0.504 e. The van der Waals surface area contributed by atoms with E-state index in [1.165, 1.54) is 18.2 Å². The van der Waals surface area contributed by atoms with Crippen molar-refractivity contribution >= 4 is 28.9 Å². The summed E-state index contributed by atoms with van der Waals surface area (Å²) < 4.78 is 0. The van der Waals surface area contributed by atoms with Crippen LogP contribution < -0.4 is 11.1 Å². The number of amides is 1. The third kappa shape index (κ3) is 2.56. The fourth-order valence-electron chi connectivity index (χ4n) is 1.57. The van der Waals surface area contributed by atoms with Crippen molar-refractivity contribution in [3.05, 3.63) is 47.0 Å². The van der Waals surface area contributed by atoms with Gasteiger partial charge in [0.25, 0.3) is 5.91 Å². The van der Waals surface area contributed by atoms with Crippen molar-refractivity contribution in [2.75, 3.05) is 11.1 Å². The predicted molar refractivity (Wildman–Crippen MR) is 73.6 cm³/mol. The number of phenols is 2. The van der Waals surface area contributed by atoms with Crippen LogP contribution in [0.15, 0.2) is 36.4 Å². The summed E-state index contributed by atoms with van der Waals surface area (Å²) in [6.07, 6.45) is 0. The van der Waals surface area contributed by atoms with E-state index in [-0.39, 0.29) is 22.0 Å². The first-order valence-electron chi connectivity index (χ1n) is 5.37. The zero-order valence-corrected chi connectivity index (χ0v) is 10.5. The molecule has 0 bridgehead atoms. The van der Waals surface area contributed by atoms with Crippen LogP contribution in [0.1, 0.15) is 10.4 Å². The molecule has 0 aromatic heterocycles. The highest BCUT2D eigenvalue weighted by molar-refractivity contribution is 6.34. The summed E-state index contributed by atoms with van der Waals surface area (Å²) in [5.74, 6) is -1.49. The Balaban J connectivity index is 2.34. The zero-order valence-electron chi connectivity index (χ0n) is 9.72. The highest BCUT2D eigenvalue weighted by Crippen LogP contribution is 2.31. The van der Waals surface area contributed by atoms with Crippen LogP contribution >= 0.6 is 11.6 Å². The van der Waals surface area contributed by atoms with Gasteiger partial charge in [-0.2, -0.15) is 0 Å². The molecule has 19 heavy (non-hydrogen) atoms. The molecule has 0 spiro atoms. The van der Waals surface area contributed by atoms with Gasteiger partial charge in [0.2, 0.25) is 0 Å². The first-order chi connectivity index (χ1) is 9.00. The predicted octanol–water partition coefficient (Wildman–Crippen LogP) is 2.59. The van der Waals surface area contributed by atoms with Gasteiger partial charge in [0.15, 0.2) is 11.5 Å². The summed E-state index contributed by atoms with van der Waals surface area (Å²) in [5, 5.41) is 21.7. The Morgan fingerprint density at radius 3 is 2.53 bits per heavy atom. The quantitative estimate of drug-likeness (QED) is 0.501. The van der Waals surface area contributed by atoms with Gasteiger partial charge in [-0.25, -0.2) is 0 Å². The van der Waals surface area contributed by atoms with Crippen molar-refractivity contribution < 1.29 is 15.0 Å². The molecule has 2 rings (SSSR count). The number of anilines is 2. The monoisotopic (exact) mass is 278 g/mol. The number of nitrogen functional groups attached to an aromatic ring is 1. The molecular formula is C13H11ClN2O3. The van der Waals surface area contributed by atoms with Gasteiger partial charge in [-0.1, -0.05) is 23.7 Å². The van der Waals surface area contributed by atoms with Crippen LogP contribution in [0.4, 0.5) is 11.4 Å². The lowest BCUT2D eigenvalue weighted by Gasteiger charge is -2.11. The SMILES string of the molecule is Nc1cccc(Cl)c1NC(=O)c1cccc(O)c1O. The number of aromatic hydroxyl groups is 2. The molecule has 0 aliphatic carbocycles. The molecular weight excluding hydrogens is 268 g/mol. The highest BCUT2D eigenvalue weighted by atomic mass is 35.5. The maximum atomic E-state index is 12.0. The van der Waals surface area contributed by atoms with Crippen molar-refractivity contribution in [2.45, 2.75) is 0 Å². The number of carbonyl (C=O) groups excluding carboxylic acids is 1. The number of halogens is 1. The molecule has 0 aliphatic heterocycles. The number of carbonyl (C=O) groups is 1. The lowest BCUT2D eigenvalue weighted by Crippen LogP contribution is -2.13. The number of hydrogen-bond acceptors (Lipinski definition) is 4. The van der Waals surface area contributed by atoms with E-state index in [9.17, 15) is 15.0 Å². The number of rotatable bonds is 2. The van der Waals surface area contributed by atoms with Crippen molar-refractivity contribution in [3.63, 3.8) is 0 Å². The van der Waals surface area contributed by atoms with Crippen LogP contribution in [0.25, 0.3) is 0 Å². The lowest BCUT2D eigenvalue weighted by molar-refractivity contribution is 0.102. The zero-order chi connectivity index (χ0) is 14.0. The summed E-state index contributed by atoms with van der Waals surface area (Å²) in [7, 11) is 0. The Morgan fingerprint density at radius 2 is 1.84 bits per heavy atom. The summed E-state index contributed by atoms with van der Waals surface area (Å²) in [4.78, 5) is 12.0. The lowest BCUT2D eigenvalue weighted by atomic mass is 10.1. The third-order valence-electron chi connectivity index (χ3n) is 2.54. The molecule has 2 aromatic carbocycles. The second kappa shape index (κ2) is 5.07. The molecule has 5 nitrogen and oxygen atoms in total. The Labute approximate surface area is 114 Å². The van der Waals surface area contributed by atoms with E-state index in [2.05, 4.69) is 5.32 Å². The van der Waals surface area contributed by atoms with Gasteiger partial charge in [-0.05, 0) is 24.3 Å². The van der Waals surface area contributed by atoms with E-state index >= 15 is 0 Å². The van der Waals surface area contributed by atoms with Crippen LogP contribution in [-0.4, -0.2) is 16.1 Å². The van der Waals surface area contributed by atoms with E-state index in [4.69, 9.17) is 17.3 Å². The summed E-state index contributed by atoms with van der Waals surface area (Å²) in [6, 6.07) is 8.91. The summed E-state index contributed by atoms with van der Waals surface area (Å²) in [5.41, 5.74) is 6.20. The molecule has 0 atom stereocenters. The van der Waals surface area contributed by atoms with Gasteiger partial charge in [0.05, 0.1) is 22.0 Å². The molecule has 1 amide bonds. The van der Waals surface area contributed by atoms with Gasteiger partial charge in [0, 0.05) is 0 Å². The Kier molecular flexibility index (Phi) is 3.48. The van der Waals surface area contributed by atoms with Crippen LogP contribution in [-0.2, 0) is 0 Å². The van der Waals surface area contributed by atoms with Crippen molar-refractivity contribution in [1.82, 2.24) is 0 Å². The standard InChI is InChI=1S/C13H11ClN2O3/c14-8-4-2-5-9(15)11(8)16-13(19)7-3-1-6-10(17)12(7)18/h1-6,17-18H,15H2,(H,16,19). The van der Waals surface area contributed by atoms with Gasteiger partial charge >= 0.3 is 0 Å². The van der Waals surface area contributed by atoms with Crippen LogP contribution in [0.2, 0.25) is 5.02 Å². The fraction of sp³-hybridized carbons (Fsp3) is 0. The number of nitrogens with two attached hydrogens (primary N) is 1. The van der Waals surface area contributed by atoms with E-state index < -0.39 is 11.7 Å². The normalized spacial score (nSPS) is 10.2. The maximum absolute atomic E-state index is 12.0. The van der Waals surface area contributed by atoms with Gasteiger partial charge in [-0.15, -0.1) is 0 Å². The van der Waals surface area contributed by atoms with E-state index in [0.717, 1.165) is 0 Å². The maximum Gasteiger partial charge on any atom is 0.259 e. The number of nitrogens with one attached hydrogen (secondary N) is 1. The molecule has 0 saturated heterocycles. The molecule has 2 aromatic rings. The molecule has 6 heteroatoms. The molecule has 0 saturated carbocycles. The first-order valence-corrected chi connectivity index (χ1v) is 5.74. The van der Waals surface area contributed by atoms with Crippen LogP contribution in [0, 0.1) is 0 Å². The topological polar surface area (TPSA) is 95.6 Å². The number of benzene rings is 2. The molecule has 0 radical (unpaired) electrons. The van der Waals surface area contributed by atoms with E-state index in [1.54, 1.807) is 18.2 Å². The van der Waals surface area contributed by atoms with Crippen molar-refractivity contribution in [3.8, 4) is 11.5 Å². The van der Waals surface area contributed by atoms with Crippen molar-refractivity contribution in [2.24, 2.45) is 0 Å². The fourth-order valence-corrected chi connectivity index (χ4v) is 1.80. The number of phenolic OH excluding ortho intramolecular Hbond substituents is 2. The first kappa shape index (κ1) is 13.0. The Hall–Kier alpha value is -2.40. The number of hydrogen-bond donors (Lipinski definition) is 4. The van der Waals surface area contributed by atoms with Crippen molar-refractivity contribution in [1.29, 1.82) is 0 Å². The minimum atomic E-state index is -0.617. The van der Waals surface area contributed by atoms with E-state index in [0.29, 0.717) is 5.69 Å². The molecule has 0 fully saturated rings. The average Bonchev–Trinajstić information content (AvgIpc) is 2.37.